The highest BCUT2D eigenvalue weighted by molar-refractivity contribution is 5.85. The predicted octanol–water partition coefficient (Wildman–Crippen LogP) is 14.7. The molecule has 1 unspecified atom stereocenters. The third-order valence-corrected chi connectivity index (χ3v) is 11.1. The lowest BCUT2D eigenvalue weighted by Gasteiger charge is -2.57. The van der Waals surface area contributed by atoms with Gasteiger partial charge in [0.05, 0.1) is 0 Å². The molecule has 5 aliphatic rings. The van der Waals surface area contributed by atoms with Crippen molar-refractivity contribution in [1.82, 2.24) is 0 Å². The SMILES string of the molecule is C=CC(C(=C)CC(C)(C)CC)c1ccc2c(c1)CCC(c1ccc(C)c(C34CC5CC(CC(C5)C3)C4)c1)=C2.CC.CC.CC.CC. The highest BCUT2D eigenvalue weighted by Gasteiger charge is 2.52. The standard InChI is InChI=1S/C38H48.4C2H6/c1-7-35(26(4)21-37(5,6)8-2)34-14-13-30-18-31(11-12-32(30)19-34)33-10-9-25(3)36(20-33)38-22-27-15-28(23-38)17-29(16-27)24-38;4*1-2/h7,9-10,13-14,18-20,27-29,35H,1,4,8,11-12,15-17,21-24H2,2-3,5-6H3;4*1-2H3. The van der Waals surface area contributed by atoms with Crippen molar-refractivity contribution in [2.45, 2.75) is 159 Å². The second kappa shape index (κ2) is 18.3. The molecule has 0 aromatic heterocycles. The Hall–Kier alpha value is -2.34. The fourth-order valence-electron chi connectivity index (χ4n) is 9.16. The monoisotopic (exact) mass is 625 g/mol. The average molecular weight is 625 g/mol. The van der Waals surface area contributed by atoms with Gasteiger partial charge in [-0.05, 0) is 132 Å². The van der Waals surface area contributed by atoms with E-state index in [1.165, 1.54) is 77.5 Å². The van der Waals surface area contributed by atoms with Gasteiger partial charge in [-0.15, -0.1) is 6.58 Å². The first-order valence-corrected chi connectivity index (χ1v) is 19.4. The van der Waals surface area contributed by atoms with E-state index >= 15 is 0 Å². The predicted molar refractivity (Wildman–Crippen MR) is 210 cm³/mol. The lowest BCUT2D eigenvalue weighted by molar-refractivity contribution is -0.00547. The summed E-state index contributed by atoms with van der Waals surface area (Å²) in [5, 5.41) is 0. The van der Waals surface area contributed by atoms with Gasteiger partial charge in [-0.3, -0.25) is 0 Å². The normalized spacial score (nSPS) is 24.1. The van der Waals surface area contributed by atoms with Gasteiger partial charge in [-0.2, -0.15) is 0 Å². The van der Waals surface area contributed by atoms with Gasteiger partial charge >= 0.3 is 0 Å². The third-order valence-electron chi connectivity index (χ3n) is 11.1. The molecule has 0 N–H and O–H groups in total. The minimum Gasteiger partial charge on any atom is -0.102 e. The summed E-state index contributed by atoms with van der Waals surface area (Å²) in [6, 6.07) is 14.6. The average Bonchev–Trinajstić information content (AvgIpc) is 3.08. The summed E-state index contributed by atoms with van der Waals surface area (Å²) in [4.78, 5) is 0. The molecule has 2 aromatic rings. The quantitative estimate of drug-likeness (QED) is 0.256. The molecule has 7 rings (SSSR count). The molecule has 0 radical (unpaired) electrons. The number of aryl methyl sites for hydroxylation is 2. The Morgan fingerprint density at radius 2 is 1.41 bits per heavy atom. The molecular weight excluding hydrogens is 553 g/mol. The van der Waals surface area contributed by atoms with Gasteiger partial charge < -0.3 is 0 Å². The van der Waals surface area contributed by atoms with E-state index in [1.807, 2.05) is 55.4 Å². The van der Waals surface area contributed by atoms with E-state index in [2.05, 4.69) is 89.4 Å². The maximum atomic E-state index is 4.50. The zero-order valence-electron chi connectivity index (χ0n) is 32.4. The summed E-state index contributed by atoms with van der Waals surface area (Å²) in [6.07, 6.45) is 17.9. The highest BCUT2D eigenvalue weighted by atomic mass is 14.6. The van der Waals surface area contributed by atoms with Gasteiger partial charge in [-0.25, -0.2) is 0 Å². The van der Waals surface area contributed by atoms with Crippen molar-refractivity contribution in [2.24, 2.45) is 23.2 Å². The van der Waals surface area contributed by atoms with Crippen LogP contribution in [0.15, 0.2) is 61.2 Å². The fourth-order valence-corrected chi connectivity index (χ4v) is 9.16. The number of hydrogen-bond acceptors (Lipinski definition) is 0. The molecule has 4 saturated carbocycles. The van der Waals surface area contributed by atoms with E-state index in [1.54, 1.807) is 5.56 Å². The van der Waals surface area contributed by atoms with Crippen molar-refractivity contribution >= 4 is 11.6 Å². The minimum atomic E-state index is 0.233. The number of allylic oxidation sites excluding steroid dienone is 3. The van der Waals surface area contributed by atoms with Crippen LogP contribution in [0.1, 0.15) is 173 Å². The van der Waals surface area contributed by atoms with Crippen molar-refractivity contribution < 1.29 is 0 Å². The van der Waals surface area contributed by atoms with Crippen LogP contribution in [0.2, 0.25) is 0 Å². The molecule has 5 aliphatic carbocycles. The van der Waals surface area contributed by atoms with Crippen LogP contribution in [0.3, 0.4) is 0 Å². The molecular formula is C46H72. The van der Waals surface area contributed by atoms with E-state index in [9.17, 15) is 0 Å². The van der Waals surface area contributed by atoms with Crippen LogP contribution in [-0.2, 0) is 11.8 Å². The number of benzene rings is 2. The molecule has 0 spiro atoms. The van der Waals surface area contributed by atoms with Crippen LogP contribution < -0.4 is 0 Å². The molecule has 46 heavy (non-hydrogen) atoms. The molecule has 0 amide bonds. The molecule has 0 nitrogen and oxygen atoms in total. The Labute approximate surface area is 287 Å². The molecule has 1 atom stereocenters. The summed E-state index contributed by atoms with van der Waals surface area (Å²) in [5.74, 6) is 3.20. The molecule has 0 aliphatic heterocycles. The van der Waals surface area contributed by atoms with Gasteiger partial charge in [0.15, 0.2) is 0 Å². The number of rotatable bonds is 8. The van der Waals surface area contributed by atoms with Crippen LogP contribution >= 0.6 is 0 Å². The summed E-state index contributed by atoms with van der Waals surface area (Å²) in [7, 11) is 0. The molecule has 0 saturated heterocycles. The van der Waals surface area contributed by atoms with Gasteiger partial charge in [0.2, 0.25) is 0 Å². The topological polar surface area (TPSA) is 0 Å². The van der Waals surface area contributed by atoms with Crippen LogP contribution in [0.5, 0.6) is 0 Å². The number of fused-ring (bicyclic) bond motifs is 1. The first kappa shape index (κ1) is 39.8. The van der Waals surface area contributed by atoms with Crippen LogP contribution in [0.25, 0.3) is 11.6 Å². The maximum absolute atomic E-state index is 4.50. The lowest BCUT2D eigenvalue weighted by atomic mass is 9.47. The van der Waals surface area contributed by atoms with Crippen molar-refractivity contribution in [2.75, 3.05) is 0 Å². The van der Waals surface area contributed by atoms with Crippen molar-refractivity contribution in [3.8, 4) is 0 Å². The Balaban J connectivity index is 0.000000856. The van der Waals surface area contributed by atoms with E-state index in [0.29, 0.717) is 5.41 Å². The van der Waals surface area contributed by atoms with Crippen molar-refractivity contribution in [3.05, 3.63) is 94.6 Å². The van der Waals surface area contributed by atoms with E-state index < -0.39 is 0 Å². The molecule has 0 heteroatoms. The van der Waals surface area contributed by atoms with Gasteiger partial charge in [0.25, 0.3) is 0 Å². The van der Waals surface area contributed by atoms with Gasteiger partial charge in [0, 0.05) is 5.92 Å². The van der Waals surface area contributed by atoms with Crippen molar-refractivity contribution in [1.29, 1.82) is 0 Å². The van der Waals surface area contributed by atoms with Gasteiger partial charge in [-0.1, -0.05) is 143 Å². The van der Waals surface area contributed by atoms with E-state index in [4.69, 9.17) is 0 Å². The summed E-state index contributed by atoms with van der Waals surface area (Å²) in [5.41, 5.74) is 12.5. The first-order valence-electron chi connectivity index (χ1n) is 19.4. The fraction of sp³-hybridized carbons (Fsp3) is 0.609. The molecule has 0 heterocycles. The van der Waals surface area contributed by atoms with E-state index in [-0.39, 0.29) is 11.3 Å². The van der Waals surface area contributed by atoms with Crippen molar-refractivity contribution in [3.63, 3.8) is 0 Å². The van der Waals surface area contributed by atoms with Gasteiger partial charge in [0.1, 0.15) is 0 Å². The zero-order valence-corrected chi connectivity index (χ0v) is 32.4. The summed E-state index contributed by atoms with van der Waals surface area (Å²) in [6.45, 7) is 34.0. The Morgan fingerprint density at radius 1 is 0.848 bits per heavy atom. The van der Waals surface area contributed by atoms with Crippen LogP contribution in [0.4, 0.5) is 0 Å². The smallest absolute Gasteiger partial charge is 0.0223 e. The Kier molecular flexibility index (Phi) is 15.8. The summed E-state index contributed by atoms with van der Waals surface area (Å²) < 4.78 is 0. The lowest BCUT2D eigenvalue weighted by Crippen LogP contribution is -2.48. The van der Waals surface area contributed by atoms with E-state index in [0.717, 1.165) is 43.4 Å². The zero-order chi connectivity index (χ0) is 34.7. The van der Waals surface area contributed by atoms with Crippen LogP contribution in [-0.4, -0.2) is 0 Å². The Bertz CT molecular complexity index is 1250. The maximum Gasteiger partial charge on any atom is 0.0223 e. The minimum absolute atomic E-state index is 0.233. The molecule has 256 valence electrons. The largest absolute Gasteiger partial charge is 0.102 e. The van der Waals surface area contributed by atoms with Crippen LogP contribution in [0, 0.1) is 30.1 Å². The first-order chi connectivity index (χ1) is 22.2. The molecule has 4 fully saturated rings. The molecule has 2 aromatic carbocycles. The third kappa shape index (κ3) is 8.96. The second-order valence-corrected chi connectivity index (χ2v) is 14.4. The second-order valence-electron chi connectivity index (χ2n) is 14.4. The highest BCUT2D eigenvalue weighted by Crippen LogP contribution is 2.61. The summed E-state index contributed by atoms with van der Waals surface area (Å²) >= 11 is 0. The number of hydrogen-bond donors (Lipinski definition) is 0. The molecule has 4 bridgehead atoms. The Morgan fingerprint density at radius 3 is 1.93 bits per heavy atom.